The molecule has 0 unspecified atom stereocenters. The van der Waals surface area contributed by atoms with Gasteiger partial charge >= 0.3 is 0 Å². The highest BCUT2D eigenvalue weighted by Crippen LogP contribution is 2.54. The van der Waals surface area contributed by atoms with E-state index in [-0.39, 0.29) is 23.1 Å². The third kappa shape index (κ3) is 5.10. The van der Waals surface area contributed by atoms with Crippen molar-refractivity contribution in [2.24, 2.45) is 5.92 Å². The minimum absolute atomic E-state index is 0.0722. The van der Waals surface area contributed by atoms with E-state index in [4.69, 9.17) is 4.74 Å². The largest absolute Gasteiger partial charge is 0.508 e. The van der Waals surface area contributed by atoms with Crippen molar-refractivity contribution in [3.05, 3.63) is 90.5 Å². The van der Waals surface area contributed by atoms with E-state index in [0.717, 1.165) is 67.2 Å². The minimum atomic E-state index is -0.409. The van der Waals surface area contributed by atoms with Crippen LogP contribution in [0.1, 0.15) is 55.5 Å². The number of piperidine rings is 1. The van der Waals surface area contributed by atoms with Crippen molar-refractivity contribution in [1.29, 1.82) is 0 Å². The van der Waals surface area contributed by atoms with E-state index in [9.17, 15) is 9.90 Å². The molecule has 0 radical (unpaired) electrons. The molecule has 5 nitrogen and oxygen atoms in total. The van der Waals surface area contributed by atoms with Crippen LogP contribution in [0.2, 0.25) is 0 Å². The Balaban J connectivity index is 1.54. The number of hydrogen-bond acceptors (Lipinski definition) is 4. The number of nitrogens with zero attached hydrogens (tertiary/aromatic N) is 2. The second-order valence-corrected chi connectivity index (χ2v) is 11.9. The lowest BCUT2D eigenvalue weighted by molar-refractivity contribution is -0.153. The van der Waals surface area contributed by atoms with Crippen LogP contribution >= 0.6 is 0 Å². The van der Waals surface area contributed by atoms with Crippen molar-refractivity contribution < 1.29 is 14.6 Å². The molecule has 0 spiro atoms. The van der Waals surface area contributed by atoms with Crippen LogP contribution in [0.3, 0.4) is 0 Å². The van der Waals surface area contributed by atoms with Crippen LogP contribution in [0.25, 0.3) is 10.8 Å². The smallest absolute Gasteiger partial charge is 0.254 e. The maximum absolute atomic E-state index is 14.2. The molecule has 1 N–H and O–H groups in total. The van der Waals surface area contributed by atoms with Gasteiger partial charge in [-0.1, -0.05) is 62.4 Å². The molecule has 0 aromatic heterocycles. The lowest BCUT2D eigenvalue weighted by atomic mass is 9.55. The van der Waals surface area contributed by atoms with Crippen LogP contribution in [0.15, 0.2) is 79.4 Å². The van der Waals surface area contributed by atoms with Gasteiger partial charge in [-0.3, -0.25) is 9.69 Å². The van der Waals surface area contributed by atoms with Crippen LogP contribution in [0, 0.1) is 5.92 Å². The Morgan fingerprint density at radius 1 is 1.13 bits per heavy atom. The number of hydrogen-bond donors (Lipinski definition) is 1. The first-order valence-electron chi connectivity index (χ1n) is 14.3. The van der Waals surface area contributed by atoms with Gasteiger partial charge in [0.25, 0.3) is 5.91 Å². The SMILES string of the molecule is C=CCN1CC[C@@]2(c3cccc(O)c3)C[C@@H](N(CC(C)C)C(=O)c3ccc4ccccc4c3)CC[C@]2(OC)C1. The molecule has 3 aromatic carbocycles. The van der Waals surface area contributed by atoms with Gasteiger partial charge in [0, 0.05) is 43.8 Å². The van der Waals surface area contributed by atoms with E-state index >= 15 is 0 Å². The fourth-order valence-corrected chi connectivity index (χ4v) is 7.25. The summed E-state index contributed by atoms with van der Waals surface area (Å²) in [6.07, 6.45) is 5.38. The van der Waals surface area contributed by atoms with Gasteiger partial charge in [0.1, 0.15) is 5.75 Å². The average molecular weight is 527 g/mol. The summed E-state index contributed by atoms with van der Waals surface area (Å²) in [6, 6.07) is 22.0. The van der Waals surface area contributed by atoms with Gasteiger partial charge in [-0.25, -0.2) is 0 Å². The standard InChI is InChI=1S/C34H42N2O3/c1-5-18-35-19-17-33(29-11-8-12-31(37)21-29)22-30(15-16-34(33,24-35)39-4)36(23-25(2)3)32(38)28-14-13-26-9-6-7-10-27(26)20-28/h5-14,20-21,25,30,37H,1,15-19,22-24H2,2-4H3/t30-,33-,34-/m0/s1. The predicted molar refractivity (Wildman–Crippen MR) is 158 cm³/mol. The first-order chi connectivity index (χ1) is 18.8. The summed E-state index contributed by atoms with van der Waals surface area (Å²) < 4.78 is 6.50. The molecular weight excluding hydrogens is 484 g/mol. The second kappa shape index (κ2) is 11.1. The summed E-state index contributed by atoms with van der Waals surface area (Å²) in [6.45, 7) is 11.6. The normalized spacial score (nSPS) is 25.4. The molecule has 206 valence electrons. The van der Waals surface area contributed by atoms with Crippen molar-refractivity contribution in [2.45, 2.75) is 56.6 Å². The predicted octanol–water partition coefficient (Wildman–Crippen LogP) is 6.41. The van der Waals surface area contributed by atoms with Crippen LogP contribution in [0.5, 0.6) is 5.75 Å². The third-order valence-corrected chi connectivity index (χ3v) is 9.11. The van der Waals surface area contributed by atoms with Crippen LogP contribution < -0.4 is 0 Å². The van der Waals surface area contributed by atoms with Crippen molar-refractivity contribution in [1.82, 2.24) is 9.80 Å². The zero-order valence-corrected chi connectivity index (χ0v) is 23.6. The number of likely N-dealkylation sites (tertiary alicyclic amines) is 1. The third-order valence-electron chi connectivity index (χ3n) is 9.11. The number of ether oxygens (including phenoxy) is 1. The van der Waals surface area contributed by atoms with Crippen LogP contribution in [-0.2, 0) is 10.2 Å². The number of phenolic OH excluding ortho intramolecular Hbond substituents is 1. The molecule has 39 heavy (non-hydrogen) atoms. The van der Waals surface area contributed by atoms with E-state index < -0.39 is 5.60 Å². The molecular formula is C34H42N2O3. The number of fused-ring (bicyclic) bond motifs is 2. The van der Waals surface area contributed by atoms with E-state index in [2.05, 4.69) is 54.5 Å². The van der Waals surface area contributed by atoms with Crippen molar-refractivity contribution in [2.75, 3.05) is 33.3 Å². The molecule has 3 aromatic rings. The Morgan fingerprint density at radius 2 is 1.92 bits per heavy atom. The van der Waals surface area contributed by atoms with Crippen LogP contribution in [0.4, 0.5) is 0 Å². The monoisotopic (exact) mass is 526 g/mol. The van der Waals surface area contributed by atoms with Crippen LogP contribution in [-0.4, -0.2) is 65.7 Å². The maximum Gasteiger partial charge on any atom is 0.254 e. The Hall–Kier alpha value is -3.15. The van der Waals surface area contributed by atoms with Gasteiger partial charge in [-0.05, 0) is 78.7 Å². The van der Waals surface area contributed by atoms with Gasteiger partial charge in [0.2, 0.25) is 0 Å². The molecule has 1 saturated heterocycles. The number of amides is 1. The highest BCUT2D eigenvalue weighted by molar-refractivity contribution is 5.98. The van der Waals surface area contributed by atoms with Crippen molar-refractivity contribution >= 4 is 16.7 Å². The minimum Gasteiger partial charge on any atom is -0.508 e. The number of benzene rings is 3. The topological polar surface area (TPSA) is 53.0 Å². The fourth-order valence-electron chi connectivity index (χ4n) is 7.25. The van der Waals surface area contributed by atoms with Gasteiger partial charge < -0.3 is 14.7 Å². The first-order valence-corrected chi connectivity index (χ1v) is 14.3. The second-order valence-electron chi connectivity index (χ2n) is 11.9. The van der Waals surface area contributed by atoms with Crippen molar-refractivity contribution in [3.63, 3.8) is 0 Å². The Bertz CT molecular complexity index is 1340. The zero-order chi connectivity index (χ0) is 27.6. The molecule has 5 heteroatoms. The van der Waals surface area contributed by atoms with Gasteiger partial charge in [-0.2, -0.15) is 0 Å². The molecule has 1 heterocycles. The highest BCUT2D eigenvalue weighted by atomic mass is 16.5. The van der Waals surface area contributed by atoms with Gasteiger partial charge in [-0.15, -0.1) is 6.58 Å². The number of phenols is 1. The molecule has 2 fully saturated rings. The summed E-state index contributed by atoms with van der Waals surface area (Å²) in [7, 11) is 1.83. The number of carbonyl (C=O) groups is 1. The van der Waals surface area contributed by atoms with E-state index in [1.165, 1.54) is 0 Å². The zero-order valence-electron chi connectivity index (χ0n) is 23.6. The summed E-state index contributed by atoms with van der Waals surface area (Å²) in [4.78, 5) is 18.8. The highest BCUT2D eigenvalue weighted by Gasteiger charge is 2.59. The molecule has 0 bridgehead atoms. The van der Waals surface area contributed by atoms with E-state index in [1.807, 2.05) is 49.6 Å². The number of methoxy groups -OCH3 is 1. The van der Waals surface area contributed by atoms with Gasteiger partial charge in [0.15, 0.2) is 0 Å². The summed E-state index contributed by atoms with van der Waals surface area (Å²) in [5.41, 5.74) is 1.12. The lowest BCUT2D eigenvalue weighted by Crippen LogP contribution is -2.68. The molecule has 2 aliphatic rings. The molecule has 3 atom stereocenters. The molecule has 1 aliphatic heterocycles. The Labute approximate surface area is 233 Å². The van der Waals surface area contributed by atoms with E-state index in [1.54, 1.807) is 6.07 Å². The summed E-state index contributed by atoms with van der Waals surface area (Å²) in [5.74, 6) is 0.711. The number of carbonyl (C=O) groups excluding carboxylic acids is 1. The summed E-state index contributed by atoms with van der Waals surface area (Å²) in [5, 5.41) is 12.7. The summed E-state index contributed by atoms with van der Waals surface area (Å²) >= 11 is 0. The lowest BCUT2D eigenvalue weighted by Gasteiger charge is -2.60. The number of aromatic hydroxyl groups is 1. The molecule has 1 amide bonds. The average Bonchev–Trinajstić information content (AvgIpc) is 2.95. The van der Waals surface area contributed by atoms with Crippen molar-refractivity contribution in [3.8, 4) is 5.75 Å². The Morgan fingerprint density at radius 3 is 2.64 bits per heavy atom. The van der Waals surface area contributed by atoms with Gasteiger partial charge in [0.05, 0.1) is 5.60 Å². The van der Waals surface area contributed by atoms with E-state index in [0.29, 0.717) is 12.5 Å². The maximum atomic E-state index is 14.2. The number of rotatable bonds is 8. The molecule has 5 rings (SSSR count). The molecule has 1 aliphatic carbocycles. The fraction of sp³-hybridized carbons (Fsp3) is 0.441. The molecule has 1 saturated carbocycles. The quantitative estimate of drug-likeness (QED) is 0.345. The first kappa shape index (κ1) is 27.4. The Kier molecular flexibility index (Phi) is 7.84.